The summed E-state index contributed by atoms with van der Waals surface area (Å²) in [4.78, 5) is 3.98. The molecule has 140 valence electrons. The van der Waals surface area contributed by atoms with Gasteiger partial charge in [0.15, 0.2) is 6.10 Å². The lowest BCUT2D eigenvalue weighted by molar-refractivity contribution is -0.206. The molecule has 0 aliphatic carbocycles. The van der Waals surface area contributed by atoms with Gasteiger partial charge in [-0.3, -0.25) is 0 Å². The maximum Gasteiger partial charge on any atom is 0.418 e. The van der Waals surface area contributed by atoms with Gasteiger partial charge < -0.3 is 14.9 Å². The van der Waals surface area contributed by atoms with Crippen LogP contribution in [0.2, 0.25) is 0 Å². The van der Waals surface area contributed by atoms with Crippen LogP contribution in [0.3, 0.4) is 0 Å². The van der Waals surface area contributed by atoms with Crippen LogP contribution in [0.5, 0.6) is 0 Å². The lowest BCUT2D eigenvalue weighted by atomic mass is 10.1. The summed E-state index contributed by atoms with van der Waals surface area (Å²) in [7, 11) is 0. The number of piperazine rings is 1. The molecule has 0 spiro atoms. The highest BCUT2D eigenvalue weighted by molar-refractivity contribution is 9.10. The molecule has 2 aromatic carbocycles. The third kappa shape index (κ3) is 4.29. The fourth-order valence-electron chi connectivity index (χ4n) is 3.00. The molecule has 1 heterocycles. The summed E-state index contributed by atoms with van der Waals surface area (Å²) in [5, 5.41) is 9.40. The number of nitrogens with zero attached hydrogens (tertiary/aromatic N) is 2. The number of halogens is 5. The van der Waals surface area contributed by atoms with Gasteiger partial charge in [0.1, 0.15) is 5.82 Å². The van der Waals surface area contributed by atoms with Crippen LogP contribution in [0, 0.1) is 5.82 Å². The monoisotopic (exact) mass is 432 g/mol. The minimum Gasteiger partial charge on any atom is -0.379 e. The van der Waals surface area contributed by atoms with Crippen LogP contribution in [-0.4, -0.2) is 37.5 Å². The first-order chi connectivity index (χ1) is 12.2. The van der Waals surface area contributed by atoms with Gasteiger partial charge in [0.25, 0.3) is 0 Å². The molecule has 1 saturated heterocycles. The standard InChI is InChI=1S/C18H17BrF4N2O/c19-13-1-3-15(4-2-13)24-5-7-25(8-6-24)16-10-12(9-14(20)11-16)17(26)18(21,22)23/h1-4,9-11,17,26H,5-8H2. The lowest BCUT2D eigenvalue weighted by Crippen LogP contribution is -2.46. The van der Waals surface area contributed by atoms with E-state index in [-0.39, 0.29) is 0 Å². The first-order valence-corrected chi connectivity index (χ1v) is 8.84. The summed E-state index contributed by atoms with van der Waals surface area (Å²) in [6, 6.07) is 11.0. The average molecular weight is 433 g/mol. The van der Waals surface area contributed by atoms with E-state index in [4.69, 9.17) is 0 Å². The number of aliphatic hydroxyl groups excluding tert-OH is 1. The molecule has 1 unspecified atom stereocenters. The Bertz CT molecular complexity index is 759. The Kier molecular flexibility index (Phi) is 5.43. The van der Waals surface area contributed by atoms with Gasteiger partial charge in [-0.2, -0.15) is 13.2 Å². The minimum absolute atomic E-state index is 0.346. The Balaban J connectivity index is 1.73. The van der Waals surface area contributed by atoms with Crippen molar-refractivity contribution in [2.24, 2.45) is 0 Å². The first-order valence-electron chi connectivity index (χ1n) is 8.05. The fourth-order valence-corrected chi connectivity index (χ4v) is 3.26. The molecule has 1 aliphatic heterocycles. The van der Waals surface area contributed by atoms with Crippen LogP contribution < -0.4 is 9.80 Å². The molecule has 2 aromatic rings. The van der Waals surface area contributed by atoms with Crippen LogP contribution in [0.25, 0.3) is 0 Å². The molecular formula is C18H17BrF4N2O. The van der Waals surface area contributed by atoms with Gasteiger partial charge in [0, 0.05) is 42.0 Å². The SMILES string of the molecule is OC(c1cc(F)cc(N2CCN(c3ccc(Br)cc3)CC2)c1)C(F)(F)F. The third-order valence-corrected chi connectivity index (χ3v) is 4.90. The Morgan fingerprint density at radius 3 is 1.96 bits per heavy atom. The van der Waals surface area contributed by atoms with Gasteiger partial charge in [0.2, 0.25) is 0 Å². The smallest absolute Gasteiger partial charge is 0.379 e. The van der Waals surface area contributed by atoms with Crippen LogP contribution in [0.15, 0.2) is 46.9 Å². The second kappa shape index (κ2) is 7.44. The first kappa shape index (κ1) is 19.0. The molecular weight excluding hydrogens is 416 g/mol. The topological polar surface area (TPSA) is 26.7 Å². The van der Waals surface area contributed by atoms with Crippen LogP contribution >= 0.6 is 15.9 Å². The molecule has 0 amide bonds. The number of hydrogen-bond donors (Lipinski definition) is 1. The highest BCUT2D eigenvalue weighted by atomic mass is 79.9. The van der Waals surface area contributed by atoms with Crippen molar-refractivity contribution in [3.8, 4) is 0 Å². The van der Waals surface area contributed by atoms with E-state index in [1.165, 1.54) is 12.1 Å². The molecule has 0 aromatic heterocycles. The number of alkyl halides is 3. The number of aliphatic hydroxyl groups is 1. The van der Waals surface area contributed by atoms with E-state index in [0.29, 0.717) is 31.9 Å². The molecule has 1 aliphatic rings. The maximum atomic E-state index is 13.8. The van der Waals surface area contributed by atoms with E-state index in [1.807, 2.05) is 29.2 Å². The molecule has 3 rings (SSSR count). The second-order valence-electron chi connectivity index (χ2n) is 6.14. The molecule has 0 radical (unpaired) electrons. The normalized spacial score (nSPS) is 16.7. The minimum atomic E-state index is -4.83. The Morgan fingerprint density at radius 1 is 0.885 bits per heavy atom. The van der Waals surface area contributed by atoms with Crippen molar-refractivity contribution < 1.29 is 22.7 Å². The summed E-state index contributed by atoms with van der Waals surface area (Å²) in [6.45, 7) is 2.41. The Hall–Kier alpha value is -1.80. The number of anilines is 2. The van der Waals surface area contributed by atoms with E-state index in [9.17, 15) is 22.7 Å². The van der Waals surface area contributed by atoms with Crippen molar-refractivity contribution in [2.45, 2.75) is 12.3 Å². The summed E-state index contributed by atoms with van der Waals surface area (Å²) in [5.74, 6) is -0.795. The van der Waals surface area contributed by atoms with Crippen molar-refractivity contribution in [3.63, 3.8) is 0 Å². The molecule has 26 heavy (non-hydrogen) atoms. The molecule has 0 saturated carbocycles. The van der Waals surface area contributed by atoms with Gasteiger partial charge in [0.05, 0.1) is 0 Å². The summed E-state index contributed by atoms with van der Waals surface area (Å²) < 4.78 is 52.9. The molecule has 1 N–H and O–H groups in total. The predicted molar refractivity (Wildman–Crippen MR) is 96.0 cm³/mol. The Morgan fingerprint density at radius 2 is 1.42 bits per heavy atom. The summed E-state index contributed by atoms with van der Waals surface area (Å²) in [5.41, 5.74) is 0.918. The molecule has 8 heteroatoms. The van der Waals surface area contributed by atoms with Crippen molar-refractivity contribution in [1.82, 2.24) is 0 Å². The molecule has 0 bridgehead atoms. The average Bonchev–Trinajstić information content (AvgIpc) is 2.60. The van der Waals surface area contributed by atoms with Gasteiger partial charge in [-0.05, 0) is 48.0 Å². The molecule has 1 fully saturated rings. The number of benzene rings is 2. The van der Waals surface area contributed by atoms with Gasteiger partial charge in [-0.15, -0.1) is 0 Å². The number of rotatable bonds is 3. The molecule has 1 atom stereocenters. The van der Waals surface area contributed by atoms with Crippen LogP contribution in [0.4, 0.5) is 28.9 Å². The van der Waals surface area contributed by atoms with E-state index in [2.05, 4.69) is 20.8 Å². The number of hydrogen-bond acceptors (Lipinski definition) is 3. The zero-order valence-corrected chi connectivity index (χ0v) is 15.3. The van der Waals surface area contributed by atoms with Crippen LogP contribution in [0.1, 0.15) is 11.7 Å². The predicted octanol–water partition coefficient (Wildman–Crippen LogP) is 4.51. The zero-order chi connectivity index (χ0) is 18.9. The van der Waals surface area contributed by atoms with E-state index >= 15 is 0 Å². The second-order valence-corrected chi connectivity index (χ2v) is 7.05. The van der Waals surface area contributed by atoms with Crippen molar-refractivity contribution >= 4 is 27.3 Å². The largest absolute Gasteiger partial charge is 0.418 e. The van der Waals surface area contributed by atoms with Gasteiger partial charge in [-0.25, -0.2) is 4.39 Å². The fraction of sp³-hybridized carbons (Fsp3) is 0.333. The van der Waals surface area contributed by atoms with E-state index < -0.39 is 23.7 Å². The van der Waals surface area contributed by atoms with E-state index in [1.54, 1.807) is 0 Å². The molecule has 3 nitrogen and oxygen atoms in total. The lowest BCUT2D eigenvalue weighted by Gasteiger charge is -2.37. The van der Waals surface area contributed by atoms with Crippen LogP contribution in [-0.2, 0) is 0 Å². The Labute approximate surface area is 157 Å². The summed E-state index contributed by atoms with van der Waals surface area (Å²) in [6.07, 6.45) is -7.52. The highest BCUT2D eigenvalue weighted by Gasteiger charge is 2.39. The maximum absolute atomic E-state index is 13.8. The zero-order valence-electron chi connectivity index (χ0n) is 13.7. The third-order valence-electron chi connectivity index (χ3n) is 4.37. The van der Waals surface area contributed by atoms with Crippen molar-refractivity contribution in [2.75, 3.05) is 36.0 Å². The highest BCUT2D eigenvalue weighted by Crippen LogP contribution is 2.34. The van der Waals surface area contributed by atoms with Crippen molar-refractivity contribution in [1.29, 1.82) is 0 Å². The van der Waals surface area contributed by atoms with Gasteiger partial charge in [-0.1, -0.05) is 15.9 Å². The summed E-state index contributed by atoms with van der Waals surface area (Å²) >= 11 is 3.39. The quantitative estimate of drug-likeness (QED) is 0.722. The van der Waals surface area contributed by atoms with Gasteiger partial charge >= 0.3 is 6.18 Å². The van der Waals surface area contributed by atoms with E-state index in [0.717, 1.165) is 16.2 Å². The van der Waals surface area contributed by atoms with Crippen molar-refractivity contribution in [3.05, 3.63) is 58.3 Å².